The van der Waals surface area contributed by atoms with Gasteiger partial charge in [-0.05, 0) is 18.1 Å². The lowest BCUT2D eigenvalue weighted by atomic mass is 9.99. The molecule has 6 atom stereocenters. The first-order chi connectivity index (χ1) is 10.4. The normalized spacial score (nSPS) is 41.9. The van der Waals surface area contributed by atoms with Crippen molar-refractivity contribution >= 4 is 8.32 Å². The van der Waals surface area contributed by atoms with Gasteiger partial charge in [-0.3, -0.25) is 4.74 Å². The van der Waals surface area contributed by atoms with Gasteiger partial charge in [-0.1, -0.05) is 20.8 Å². The van der Waals surface area contributed by atoms with E-state index in [9.17, 15) is 10.2 Å². The second-order valence-electron chi connectivity index (χ2n) is 7.86. The topological polar surface area (TPSA) is 86.6 Å². The van der Waals surface area contributed by atoms with Crippen LogP contribution in [0, 0.1) is 0 Å². The van der Waals surface area contributed by atoms with E-state index < -0.39 is 45.0 Å². The first-order valence-corrected chi connectivity index (χ1v) is 10.9. The summed E-state index contributed by atoms with van der Waals surface area (Å²) in [4.78, 5) is 0. The van der Waals surface area contributed by atoms with E-state index in [0.717, 1.165) is 0 Å². The van der Waals surface area contributed by atoms with Gasteiger partial charge in [0.2, 0.25) is 0 Å². The third-order valence-electron chi connectivity index (χ3n) is 5.11. The van der Waals surface area contributed by atoms with Crippen molar-refractivity contribution in [2.24, 2.45) is 0 Å². The van der Waals surface area contributed by atoms with Gasteiger partial charge in [0.1, 0.15) is 24.4 Å². The zero-order valence-corrected chi connectivity index (χ0v) is 16.0. The van der Waals surface area contributed by atoms with Crippen LogP contribution in [-0.4, -0.2) is 68.9 Å². The molecule has 0 aromatic rings. The Labute approximate surface area is 138 Å². The van der Waals surface area contributed by atoms with E-state index in [2.05, 4.69) is 33.9 Å². The molecule has 0 spiro atoms. The molecule has 136 valence electrons. The molecule has 2 fully saturated rings. The average Bonchev–Trinajstić information content (AvgIpc) is 2.78. The van der Waals surface area contributed by atoms with Crippen LogP contribution in [-0.2, 0) is 23.4 Å². The Bertz CT molecular complexity index is 425. The predicted molar refractivity (Wildman–Crippen MR) is 85.2 cm³/mol. The van der Waals surface area contributed by atoms with E-state index in [-0.39, 0.29) is 11.6 Å². The quantitative estimate of drug-likeness (QED) is 0.737. The van der Waals surface area contributed by atoms with Gasteiger partial charge in [-0.15, -0.1) is 0 Å². The number of aliphatic hydroxyl groups is 2. The second kappa shape index (κ2) is 6.34. The Kier molecular flexibility index (Phi) is 5.31. The highest BCUT2D eigenvalue weighted by Crippen LogP contribution is 2.39. The molecule has 0 radical (unpaired) electrons. The molecule has 8 heteroatoms. The summed E-state index contributed by atoms with van der Waals surface area (Å²) in [5, 5.41) is 20.7. The van der Waals surface area contributed by atoms with Crippen LogP contribution in [0.25, 0.3) is 0 Å². The summed E-state index contributed by atoms with van der Waals surface area (Å²) < 4.78 is 28.1. The van der Waals surface area contributed by atoms with Crippen molar-refractivity contribution < 1.29 is 33.6 Å². The summed E-state index contributed by atoms with van der Waals surface area (Å²) in [6.45, 7) is 12.5. The highest BCUT2D eigenvalue weighted by molar-refractivity contribution is 6.74. The fraction of sp³-hybridized carbons (Fsp3) is 1.00. The maximum Gasteiger partial charge on any atom is 0.282 e. The van der Waals surface area contributed by atoms with Gasteiger partial charge in [0.05, 0.1) is 6.61 Å². The minimum atomic E-state index is -1.98. The third kappa shape index (κ3) is 3.79. The van der Waals surface area contributed by atoms with E-state index in [1.807, 2.05) is 0 Å². The fourth-order valence-corrected chi connectivity index (χ4v) is 3.37. The van der Waals surface area contributed by atoms with Crippen molar-refractivity contribution in [3.05, 3.63) is 0 Å². The van der Waals surface area contributed by atoms with E-state index in [1.54, 1.807) is 6.92 Å². The van der Waals surface area contributed by atoms with E-state index in [1.165, 1.54) is 7.11 Å². The standard InChI is InChI=1S/C15H30O7Si/c1-14(2,3)23(6,7)19-8-9-10(16)11(17)12-13(20-9)22-15(4,18-5)21-12/h9-13,16-17H,8H2,1-7H3/t9-,10-,11+,12-,13-,15?/m1/s1. The van der Waals surface area contributed by atoms with Gasteiger partial charge in [0, 0.05) is 14.0 Å². The minimum absolute atomic E-state index is 0.0510. The Morgan fingerprint density at radius 2 is 1.74 bits per heavy atom. The first-order valence-electron chi connectivity index (χ1n) is 7.96. The summed E-state index contributed by atoms with van der Waals surface area (Å²) in [5.41, 5.74) is 0. The van der Waals surface area contributed by atoms with Gasteiger partial charge in [0.25, 0.3) is 5.97 Å². The number of rotatable bonds is 4. The van der Waals surface area contributed by atoms with Gasteiger partial charge in [-0.25, -0.2) is 0 Å². The Hall–Kier alpha value is -0.0631. The van der Waals surface area contributed by atoms with Crippen molar-refractivity contribution in [1.29, 1.82) is 0 Å². The number of hydrogen-bond acceptors (Lipinski definition) is 7. The molecule has 2 aliphatic rings. The molecule has 0 saturated carbocycles. The Morgan fingerprint density at radius 3 is 2.26 bits per heavy atom. The summed E-state index contributed by atoms with van der Waals surface area (Å²) in [6, 6.07) is 0. The molecule has 2 heterocycles. The monoisotopic (exact) mass is 350 g/mol. The van der Waals surface area contributed by atoms with Crippen LogP contribution in [0.1, 0.15) is 27.7 Å². The zero-order valence-electron chi connectivity index (χ0n) is 15.0. The smallest absolute Gasteiger partial charge is 0.282 e. The lowest BCUT2D eigenvalue weighted by Crippen LogP contribution is -2.58. The highest BCUT2D eigenvalue weighted by Gasteiger charge is 2.56. The molecule has 2 saturated heterocycles. The number of aliphatic hydroxyl groups excluding tert-OH is 2. The van der Waals surface area contributed by atoms with Crippen molar-refractivity contribution in [2.45, 2.75) is 82.5 Å². The molecule has 2 aliphatic heterocycles. The molecule has 0 amide bonds. The fourth-order valence-electron chi connectivity index (χ4n) is 2.35. The van der Waals surface area contributed by atoms with Crippen LogP contribution >= 0.6 is 0 Å². The molecule has 23 heavy (non-hydrogen) atoms. The van der Waals surface area contributed by atoms with Crippen LogP contribution in [0.3, 0.4) is 0 Å². The van der Waals surface area contributed by atoms with E-state index in [4.69, 9.17) is 23.4 Å². The van der Waals surface area contributed by atoms with Crippen molar-refractivity contribution in [2.75, 3.05) is 13.7 Å². The number of fused-ring (bicyclic) bond motifs is 1. The predicted octanol–water partition coefficient (Wildman–Crippen LogP) is 1.19. The third-order valence-corrected chi connectivity index (χ3v) is 9.61. The van der Waals surface area contributed by atoms with Crippen LogP contribution in [0.5, 0.6) is 0 Å². The molecule has 0 aromatic carbocycles. The van der Waals surface area contributed by atoms with Crippen molar-refractivity contribution in [3.63, 3.8) is 0 Å². The summed E-state index contributed by atoms with van der Waals surface area (Å²) in [5.74, 6) is -1.29. The summed E-state index contributed by atoms with van der Waals surface area (Å²) in [7, 11) is -0.536. The first kappa shape index (κ1) is 19.3. The number of ether oxygens (including phenoxy) is 4. The summed E-state index contributed by atoms with van der Waals surface area (Å²) >= 11 is 0. The van der Waals surface area contributed by atoms with Crippen molar-refractivity contribution in [1.82, 2.24) is 0 Å². The van der Waals surface area contributed by atoms with E-state index in [0.29, 0.717) is 0 Å². The maximum absolute atomic E-state index is 10.3. The van der Waals surface area contributed by atoms with Crippen molar-refractivity contribution in [3.8, 4) is 0 Å². The maximum atomic E-state index is 10.3. The lowest BCUT2D eigenvalue weighted by Gasteiger charge is -2.41. The van der Waals surface area contributed by atoms with Gasteiger partial charge in [0.15, 0.2) is 14.6 Å². The number of hydrogen-bond donors (Lipinski definition) is 2. The molecule has 0 aromatic heterocycles. The van der Waals surface area contributed by atoms with Crippen LogP contribution in [0.15, 0.2) is 0 Å². The van der Waals surface area contributed by atoms with Crippen LogP contribution in [0.2, 0.25) is 18.1 Å². The molecular formula is C15H30O7Si. The molecule has 7 nitrogen and oxygen atoms in total. The number of methoxy groups -OCH3 is 1. The molecular weight excluding hydrogens is 320 g/mol. The largest absolute Gasteiger partial charge is 0.414 e. The van der Waals surface area contributed by atoms with Crippen LogP contribution < -0.4 is 0 Å². The Morgan fingerprint density at radius 1 is 1.13 bits per heavy atom. The summed E-state index contributed by atoms with van der Waals surface area (Å²) in [6.07, 6.45) is -4.50. The van der Waals surface area contributed by atoms with E-state index >= 15 is 0 Å². The lowest BCUT2D eigenvalue weighted by molar-refractivity contribution is -0.334. The zero-order chi connectivity index (χ0) is 17.6. The Balaban J connectivity index is 2.02. The van der Waals surface area contributed by atoms with Crippen LogP contribution in [0.4, 0.5) is 0 Å². The molecule has 2 rings (SSSR count). The molecule has 0 bridgehead atoms. The van der Waals surface area contributed by atoms with Gasteiger partial charge >= 0.3 is 0 Å². The second-order valence-corrected chi connectivity index (χ2v) is 12.7. The molecule has 1 unspecified atom stereocenters. The highest BCUT2D eigenvalue weighted by atomic mass is 28.4. The van der Waals surface area contributed by atoms with Gasteiger partial charge < -0.3 is 28.8 Å². The SMILES string of the molecule is COC1(C)O[C@H]2O[C@H](CO[Si](C)(C)C(C)(C)C)[C@@H](O)[C@H](O)[C@H]2O1. The minimum Gasteiger partial charge on any atom is -0.414 e. The average molecular weight is 350 g/mol. The molecule has 0 aliphatic carbocycles. The molecule has 2 N–H and O–H groups in total. The van der Waals surface area contributed by atoms with Gasteiger partial charge in [-0.2, -0.15) is 0 Å².